The summed E-state index contributed by atoms with van der Waals surface area (Å²) >= 11 is 0. The maximum Gasteiger partial charge on any atom is 0.226 e. The van der Waals surface area contributed by atoms with Crippen LogP contribution in [-0.4, -0.2) is 72.3 Å². The van der Waals surface area contributed by atoms with E-state index < -0.39 is 0 Å². The van der Waals surface area contributed by atoms with E-state index in [0.29, 0.717) is 5.91 Å². The zero-order valence-electron chi connectivity index (χ0n) is 21.4. The fourth-order valence-corrected chi connectivity index (χ4v) is 5.83. The van der Waals surface area contributed by atoms with Crippen LogP contribution in [0.15, 0.2) is 60.7 Å². The highest BCUT2D eigenvalue weighted by molar-refractivity contribution is 5.88. The highest BCUT2D eigenvalue weighted by Gasteiger charge is 2.59. The van der Waals surface area contributed by atoms with Crippen molar-refractivity contribution in [1.29, 1.82) is 0 Å². The molecule has 2 aromatic carbocycles. The van der Waals surface area contributed by atoms with Crippen molar-refractivity contribution in [2.75, 3.05) is 51.1 Å². The van der Waals surface area contributed by atoms with Gasteiger partial charge in [0.1, 0.15) is 0 Å². The Hall–Kier alpha value is -2.96. The van der Waals surface area contributed by atoms with E-state index in [1.807, 2.05) is 18.2 Å². The number of nitrogens with zero attached hydrogens (tertiary/aromatic N) is 3. The molecule has 2 amide bonds. The van der Waals surface area contributed by atoms with E-state index in [0.717, 1.165) is 77.3 Å². The summed E-state index contributed by atoms with van der Waals surface area (Å²) in [5.74, 6) is 0.591. The number of rotatable bonds is 7. The highest BCUT2D eigenvalue weighted by Crippen LogP contribution is 2.60. The molecule has 3 fully saturated rings. The summed E-state index contributed by atoms with van der Waals surface area (Å²) in [5.41, 5.74) is 3.59. The third-order valence-electron chi connectivity index (χ3n) is 8.18. The fraction of sp³-hybridized carbons (Fsp3) is 0.467. The predicted octanol–water partition coefficient (Wildman–Crippen LogP) is 4.10. The number of benzene rings is 2. The molecular formula is C30H38N4O2. The third kappa shape index (κ3) is 6.05. The lowest BCUT2D eigenvalue weighted by atomic mass is 9.90. The largest absolute Gasteiger partial charge is 0.340 e. The molecule has 1 unspecified atom stereocenters. The summed E-state index contributed by atoms with van der Waals surface area (Å²) in [6, 6.07) is 18.5. The molecule has 2 aliphatic heterocycles. The monoisotopic (exact) mass is 486 g/mol. The van der Waals surface area contributed by atoms with Crippen molar-refractivity contribution < 1.29 is 9.59 Å². The van der Waals surface area contributed by atoms with Crippen molar-refractivity contribution in [3.63, 3.8) is 0 Å². The lowest BCUT2D eigenvalue weighted by molar-refractivity contribution is -0.135. The molecular weight excluding hydrogens is 448 g/mol. The van der Waals surface area contributed by atoms with Crippen LogP contribution >= 0.6 is 0 Å². The third-order valence-corrected chi connectivity index (χ3v) is 8.18. The molecule has 6 nitrogen and oxygen atoms in total. The standard InChI is InChI=1S/C30H38N4O2/c1-24(35)31-27-11-9-26(10-12-27)23-33-16-13-30(14-17-33)22-28(30)29(36)34-20-18-32(19-21-34)15-5-8-25-6-3-2-4-7-25/h2-12,28H,13-23H2,1H3,(H,31,35). The lowest BCUT2D eigenvalue weighted by Gasteiger charge is -2.36. The van der Waals surface area contributed by atoms with Gasteiger partial charge in [0, 0.05) is 57.8 Å². The Morgan fingerprint density at radius 2 is 1.61 bits per heavy atom. The summed E-state index contributed by atoms with van der Waals surface area (Å²) in [5, 5.41) is 2.82. The van der Waals surface area contributed by atoms with Crippen LogP contribution < -0.4 is 5.32 Å². The number of piperazine rings is 1. The van der Waals surface area contributed by atoms with Gasteiger partial charge in [-0.3, -0.25) is 19.4 Å². The number of nitrogens with one attached hydrogen (secondary N) is 1. The van der Waals surface area contributed by atoms with Gasteiger partial charge in [-0.2, -0.15) is 0 Å². The number of likely N-dealkylation sites (tertiary alicyclic amines) is 1. The molecule has 1 N–H and O–H groups in total. The molecule has 2 saturated heterocycles. The Bertz CT molecular complexity index is 1070. The van der Waals surface area contributed by atoms with E-state index >= 15 is 0 Å². The average molecular weight is 487 g/mol. The van der Waals surface area contributed by atoms with Gasteiger partial charge < -0.3 is 10.2 Å². The minimum Gasteiger partial charge on any atom is -0.340 e. The Morgan fingerprint density at radius 1 is 0.917 bits per heavy atom. The molecule has 1 saturated carbocycles. The van der Waals surface area contributed by atoms with Gasteiger partial charge in [0.15, 0.2) is 0 Å². The number of carbonyl (C=O) groups excluding carboxylic acids is 2. The molecule has 1 aliphatic carbocycles. The molecule has 2 aromatic rings. The summed E-state index contributed by atoms with van der Waals surface area (Å²) in [4.78, 5) is 31.5. The van der Waals surface area contributed by atoms with E-state index in [4.69, 9.17) is 0 Å². The van der Waals surface area contributed by atoms with E-state index in [1.54, 1.807) is 0 Å². The molecule has 5 rings (SSSR count). The quantitative estimate of drug-likeness (QED) is 0.640. The normalized spacial score (nSPS) is 22.1. The molecule has 0 bridgehead atoms. The molecule has 3 aliphatic rings. The fourth-order valence-electron chi connectivity index (χ4n) is 5.83. The summed E-state index contributed by atoms with van der Waals surface area (Å²) in [6.07, 6.45) is 7.73. The molecule has 0 radical (unpaired) electrons. The first kappa shape index (κ1) is 24.7. The number of amides is 2. The topological polar surface area (TPSA) is 55.9 Å². The smallest absolute Gasteiger partial charge is 0.226 e. The first-order valence-electron chi connectivity index (χ1n) is 13.3. The SMILES string of the molecule is CC(=O)Nc1ccc(CN2CCC3(CC2)CC3C(=O)N2CCN(CC=Cc3ccccc3)CC2)cc1. The summed E-state index contributed by atoms with van der Waals surface area (Å²) in [7, 11) is 0. The van der Waals surface area contributed by atoms with Crippen LogP contribution in [0.1, 0.15) is 37.3 Å². The first-order chi connectivity index (χ1) is 17.5. The zero-order chi connectivity index (χ0) is 25.0. The van der Waals surface area contributed by atoms with Crippen molar-refractivity contribution >= 4 is 23.6 Å². The number of hydrogen-bond acceptors (Lipinski definition) is 4. The number of piperidine rings is 1. The Kier molecular flexibility index (Phi) is 7.54. The second kappa shape index (κ2) is 11.0. The molecule has 36 heavy (non-hydrogen) atoms. The minimum atomic E-state index is -0.0458. The Balaban J connectivity index is 1.03. The van der Waals surface area contributed by atoms with Gasteiger partial charge in [0.2, 0.25) is 11.8 Å². The molecule has 190 valence electrons. The van der Waals surface area contributed by atoms with Gasteiger partial charge in [-0.05, 0) is 61.0 Å². The maximum atomic E-state index is 13.3. The Labute approximate surface area is 215 Å². The molecule has 1 spiro atoms. The molecule has 2 heterocycles. The first-order valence-corrected chi connectivity index (χ1v) is 13.3. The molecule has 0 aromatic heterocycles. The van der Waals surface area contributed by atoms with Gasteiger partial charge in [-0.25, -0.2) is 0 Å². The van der Waals surface area contributed by atoms with Gasteiger partial charge in [0.25, 0.3) is 0 Å². The van der Waals surface area contributed by atoms with Gasteiger partial charge in [-0.1, -0.05) is 54.6 Å². The Morgan fingerprint density at radius 3 is 2.28 bits per heavy atom. The van der Waals surface area contributed by atoms with Crippen LogP contribution in [0.3, 0.4) is 0 Å². The van der Waals surface area contributed by atoms with E-state index in [-0.39, 0.29) is 17.2 Å². The second-order valence-electron chi connectivity index (χ2n) is 10.7. The average Bonchev–Trinajstić information content (AvgIpc) is 3.60. The van der Waals surface area contributed by atoms with Crippen molar-refractivity contribution in [2.24, 2.45) is 11.3 Å². The van der Waals surface area contributed by atoms with Crippen molar-refractivity contribution in [3.05, 3.63) is 71.8 Å². The number of carbonyl (C=O) groups is 2. The highest BCUT2D eigenvalue weighted by atomic mass is 16.2. The lowest BCUT2D eigenvalue weighted by Crippen LogP contribution is -2.49. The van der Waals surface area contributed by atoms with Crippen LogP contribution in [0.25, 0.3) is 6.08 Å². The van der Waals surface area contributed by atoms with Crippen LogP contribution in [-0.2, 0) is 16.1 Å². The summed E-state index contributed by atoms with van der Waals surface area (Å²) in [6.45, 7) is 9.12. The van der Waals surface area contributed by atoms with E-state index in [9.17, 15) is 9.59 Å². The molecule has 6 heteroatoms. The molecule has 1 atom stereocenters. The van der Waals surface area contributed by atoms with Crippen LogP contribution in [0.4, 0.5) is 5.69 Å². The number of anilines is 1. The van der Waals surface area contributed by atoms with Crippen LogP contribution in [0.5, 0.6) is 0 Å². The predicted molar refractivity (Wildman–Crippen MR) is 144 cm³/mol. The summed E-state index contributed by atoms with van der Waals surface area (Å²) < 4.78 is 0. The van der Waals surface area contributed by atoms with Gasteiger partial charge >= 0.3 is 0 Å². The zero-order valence-corrected chi connectivity index (χ0v) is 21.4. The number of hydrogen-bond donors (Lipinski definition) is 1. The van der Waals surface area contributed by atoms with E-state index in [1.165, 1.54) is 18.1 Å². The van der Waals surface area contributed by atoms with Gasteiger partial charge in [-0.15, -0.1) is 0 Å². The van der Waals surface area contributed by atoms with Crippen molar-refractivity contribution in [3.8, 4) is 0 Å². The minimum absolute atomic E-state index is 0.0458. The van der Waals surface area contributed by atoms with Gasteiger partial charge in [0.05, 0.1) is 0 Å². The van der Waals surface area contributed by atoms with Crippen molar-refractivity contribution in [2.45, 2.75) is 32.7 Å². The van der Waals surface area contributed by atoms with E-state index in [2.05, 4.69) is 68.6 Å². The second-order valence-corrected chi connectivity index (χ2v) is 10.7. The van der Waals surface area contributed by atoms with Crippen LogP contribution in [0.2, 0.25) is 0 Å². The maximum absolute atomic E-state index is 13.3. The van der Waals surface area contributed by atoms with Crippen LogP contribution in [0, 0.1) is 11.3 Å². The van der Waals surface area contributed by atoms with Crippen molar-refractivity contribution in [1.82, 2.24) is 14.7 Å².